The van der Waals surface area contributed by atoms with Crippen LogP contribution in [0, 0.1) is 10.1 Å². The first-order chi connectivity index (χ1) is 12.0. The van der Waals surface area contributed by atoms with Gasteiger partial charge in [0.15, 0.2) is 12.6 Å². The summed E-state index contributed by atoms with van der Waals surface area (Å²) in [5, 5.41) is 15.4. The van der Waals surface area contributed by atoms with E-state index in [1.54, 1.807) is 24.3 Å². The van der Waals surface area contributed by atoms with Gasteiger partial charge < -0.3 is 20.0 Å². The van der Waals surface area contributed by atoms with E-state index < -0.39 is 4.92 Å². The van der Waals surface area contributed by atoms with E-state index in [1.807, 2.05) is 0 Å². The number of amidine groups is 1. The summed E-state index contributed by atoms with van der Waals surface area (Å²) in [6.07, 6.45) is 0. The molecule has 0 aromatic heterocycles. The monoisotopic (exact) mass is 363 g/mol. The van der Waals surface area contributed by atoms with Crippen LogP contribution in [0.5, 0.6) is 5.75 Å². The molecule has 1 aliphatic rings. The zero-order valence-corrected chi connectivity index (χ0v) is 13.7. The lowest BCUT2D eigenvalue weighted by Crippen LogP contribution is -2.15. The number of nitro benzene ring substituents is 1. The molecule has 1 heterocycles. The van der Waals surface area contributed by atoms with E-state index >= 15 is 0 Å². The maximum Gasteiger partial charge on any atom is 0.270 e. The van der Waals surface area contributed by atoms with Crippen molar-refractivity contribution < 1.29 is 19.2 Å². The van der Waals surface area contributed by atoms with E-state index in [0.29, 0.717) is 27.5 Å². The number of ether oxygens (including phenoxy) is 2. The summed E-state index contributed by atoms with van der Waals surface area (Å²) >= 11 is 5.90. The summed E-state index contributed by atoms with van der Waals surface area (Å²) in [6, 6.07) is 9.65. The van der Waals surface area contributed by atoms with Crippen LogP contribution >= 0.6 is 11.6 Å². The third kappa shape index (κ3) is 3.98. The van der Waals surface area contributed by atoms with Gasteiger partial charge in [-0.1, -0.05) is 28.9 Å². The first kappa shape index (κ1) is 17.0. The minimum Gasteiger partial charge on any atom is -0.467 e. The molecule has 0 atom stereocenters. The molecule has 0 saturated carbocycles. The second-order valence-electron chi connectivity index (χ2n) is 5.22. The Labute approximate surface area is 147 Å². The molecule has 0 radical (unpaired) electrons. The molecule has 0 aliphatic carbocycles. The predicted octanol–water partition coefficient (Wildman–Crippen LogP) is 2.95. The molecular formula is C16H14ClN3O5. The molecule has 0 spiro atoms. The van der Waals surface area contributed by atoms with Crippen molar-refractivity contribution in [3.63, 3.8) is 0 Å². The van der Waals surface area contributed by atoms with Crippen molar-refractivity contribution in [3.05, 3.63) is 68.2 Å². The normalized spacial score (nSPS) is 13.7. The Balaban J connectivity index is 1.79. The van der Waals surface area contributed by atoms with Crippen LogP contribution in [0.2, 0.25) is 5.02 Å². The molecule has 8 nitrogen and oxygen atoms in total. The SMILES string of the molecule is NC(=NOCc1cc([N+](=O)[O-])cc2c1OCOC2)c1cccc(Cl)c1. The average Bonchev–Trinajstić information content (AvgIpc) is 2.61. The fraction of sp³-hybridized carbons (Fsp3) is 0.188. The van der Waals surface area contributed by atoms with Gasteiger partial charge >= 0.3 is 0 Å². The highest BCUT2D eigenvalue weighted by Gasteiger charge is 2.21. The minimum absolute atomic E-state index is 0.0364. The van der Waals surface area contributed by atoms with Gasteiger partial charge in [0.1, 0.15) is 12.4 Å². The Bertz CT molecular complexity index is 841. The Morgan fingerprint density at radius 2 is 2.24 bits per heavy atom. The smallest absolute Gasteiger partial charge is 0.270 e. The number of benzene rings is 2. The van der Waals surface area contributed by atoms with Gasteiger partial charge in [-0.2, -0.15) is 0 Å². The van der Waals surface area contributed by atoms with Crippen molar-refractivity contribution in [2.75, 3.05) is 6.79 Å². The van der Waals surface area contributed by atoms with Crippen molar-refractivity contribution in [3.8, 4) is 5.75 Å². The summed E-state index contributed by atoms with van der Waals surface area (Å²) in [4.78, 5) is 15.8. The van der Waals surface area contributed by atoms with Crippen LogP contribution in [0.1, 0.15) is 16.7 Å². The van der Waals surface area contributed by atoms with Crippen molar-refractivity contribution in [1.29, 1.82) is 0 Å². The van der Waals surface area contributed by atoms with Crippen molar-refractivity contribution in [2.24, 2.45) is 10.9 Å². The van der Waals surface area contributed by atoms with Crippen LogP contribution in [0.3, 0.4) is 0 Å². The van der Waals surface area contributed by atoms with Crippen LogP contribution in [0.4, 0.5) is 5.69 Å². The van der Waals surface area contributed by atoms with E-state index in [2.05, 4.69) is 5.16 Å². The predicted molar refractivity (Wildman–Crippen MR) is 90.3 cm³/mol. The Kier molecular flexibility index (Phi) is 5.01. The third-order valence-electron chi connectivity index (χ3n) is 3.49. The summed E-state index contributed by atoms with van der Waals surface area (Å²) in [6.45, 7) is 0.273. The maximum absolute atomic E-state index is 11.1. The number of halogens is 1. The number of fused-ring (bicyclic) bond motifs is 1. The Morgan fingerprint density at radius 3 is 3.00 bits per heavy atom. The molecule has 2 aromatic rings. The molecule has 2 aromatic carbocycles. The van der Waals surface area contributed by atoms with E-state index in [-0.39, 0.29) is 31.5 Å². The molecule has 1 aliphatic heterocycles. The lowest BCUT2D eigenvalue weighted by Gasteiger charge is -2.20. The van der Waals surface area contributed by atoms with Crippen molar-refractivity contribution in [1.82, 2.24) is 0 Å². The van der Waals surface area contributed by atoms with Crippen LogP contribution in [-0.2, 0) is 22.8 Å². The molecule has 0 saturated heterocycles. The van der Waals surface area contributed by atoms with Gasteiger partial charge in [-0.15, -0.1) is 0 Å². The number of rotatable bonds is 5. The molecule has 0 fully saturated rings. The fourth-order valence-corrected chi connectivity index (χ4v) is 2.56. The highest BCUT2D eigenvalue weighted by atomic mass is 35.5. The number of hydrogen-bond donors (Lipinski definition) is 1. The Hall–Kier alpha value is -2.84. The van der Waals surface area contributed by atoms with Crippen LogP contribution in [-0.4, -0.2) is 17.6 Å². The van der Waals surface area contributed by atoms with Crippen LogP contribution < -0.4 is 10.5 Å². The molecule has 0 unspecified atom stereocenters. The average molecular weight is 364 g/mol. The van der Waals surface area contributed by atoms with Gasteiger partial charge in [0.2, 0.25) is 0 Å². The highest BCUT2D eigenvalue weighted by molar-refractivity contribution is 6.31. The third-order valence-corrected chi connectivity index (χ3v) is 3.72. The fourth-order valence-electron chi connectivity index (χ4n) is 2.37. The maximum atomic E-state index is 11.1. The van der Waals surface area contributed by atoms with Gasteiger partial charge in [-0.25, -0.2) is 0 Å². The number of non-ortho nitro benzene ring substituents is 1. The topological polar surface area (TPSA) is 109 Å². The minimum atomic E-state index is -0.484. The van der Waals surface area contributed by atoms with Gasteiger partial charge in [0.05, 0.1) is 11.5 Å². The molecule has 0 amide bonds. The van der Waals surface area contributed by atoms with Gasteiger partial charge in [-0.3, -0.25) is 10.1 Å². The molecule has 2 N–H and O–H groups in total. The Morgan fingerprint density at radius 1 is 1.40 bits per heavy atom. The zero-order chi connectivity index (χ0) is 17.8. The second kappa shape index (κ2) is 7.37. The first-order valence-corrected chi connectivity index (χ1v) is 7.64. The summed E-state index contributed by atoms with van der Waals surface area (Å²) in [5.41, 5.74) is 7.47. The van der Waals surface area contributed by atoms with Crippen LogP contribution in [0.25, 0.3) is 0 Å². The molecule has 9 heteroatoms. The number of nitro groups is 1. The standard InChI is InChI=1S/C16H14ClN3O5/c17-13-3-1-2-10(4-13)16(18)19-25-8-12-6-14(20(21)22)5-11-7-23-9-24-15(11)12/h1-6H,7-9H2,(H2,18,19). The molecular weight excluding hydrogens is 350 g/mol. The number of nitrogens with two attached hydrogens (primary N) is 1. The number of oxime groups is 1. The van der Waals surface area contributed by atoms with Crippen LogP contribution in [0.15, 0.2) is 41.6 Å². The summed E-state index contributed by atoms with van der Waals surface area (Å²) in [5.74, 6) is 0.652. The quantitative estimate of drug-likeness (QED) is 0.378. The summed E-state index contributed by atoms with van der Waals surface area (Å²) < 4.78 is 10.6. The first-order valence-electron chi connectivity index (χ1n) is 7.26. The lowest BCUT2D eigenvalue weighted by atomic mass is 10.1. The van der Waals surface area contributed by atoms with E-state index in [0.717, 1.165) is 0 Å². The number of hydrogen-bond acceptors (Lipinski definition) is 6. The van der Waals surface area contributed by atoms with Crippen molar-refractivity contribution in [2.45, 2.75) is 13.2 Å². The molecule has 3 rings (SSSR count). The van der Waals surface area contributed by atoms with Gasteiger partial charge in [-0.05, 0) is 12.1 Å². The van der Waals surface area contributed by atoms with E-state index in [4.69, 9.17) is 31.6 Å². The van der Waals surface area contributed by atoms with Gasteiger partial charge in [0.25, 0.3) is 5.69 Å². The molecule has 25 heavy (non-hydrogen) atoms. The molecule has 0 bridgehead atoms. The lowest BCUT2D eigenvalue weighted by molar-refractivity contribution is -0.385. The van der Waals surface area contributed by atoms with E-state index in [9.17, 15) is 10.1 Å². The molecule has 130 valence electrons. The van der Waals surface area contributed by atoms with Gasteiger partial charge in [0, 0.05) is 33.8 Å². The number of nitrogens with zero attached hydrogens (tertiary/aromatic N) is 2. The second-order valence-corrected chi connectivity index (χ2v) is 5.66. The van der Waals surface area contributed by atoms with E-state index in [1.165, 1.54) is 12.1 Å². The zero-order valence-electron chi connectivity index (χ0n) is 13.0. The highest BCUT2D eigenvalue weighted by Crippen LogP contribution is 2.33. The van der Waals surface area contributed by atoms with Crippen molar-refractivity contribution >= 4 is 23.1 Å². The largest absolute Gasteiger partial charge is 0.467 e. The summed E-state index contributed by atoms with van der Waals surface area (Å²) in [7, 11) is 0.